The molecule has 0 aliphatic heterocycles. The van der Waals surface area contributed by atoms with E-state index in [-0.39, 0.29) is 0 Å². The number of aromatic nitrogens is 1. The van der Waals surface area contributed by atoms with E-state index in [1.165, 1.54) is 11.1 Å². The number of hydrogen-bond donors (Lipinski definition) is 1. The molecule has 2 rings (SSSR count). The molecule has 1 heterocycles. The van der Waals surface area contributed by atoms with Gasteiger partial charge in [-0.1, -0.05) is 19.9 Å². The van der Waals surface area contributed by atoms with Gasteiger partial charge in [0.2, 0.25) is 0 Å². The van der Waals surface area contributed by atoms with Crippen molar-refractivity contribution in [3.63, 3.8) is 0 Å². The monoisotopic (exact) mass is 214 g/mol. The Hall–Kier alpha value is -1.57. The maximum Gasteiger partial charge on any atom is 0.0726 e. The number of nitrogens with one attached hydrogen (secondary N) is 1. The molecule has 1 aromatic carbocycles. The zero-order chi connectivity index (χ0) is 11.5. The fraction of sp³-hybridized carbons (Fsp3) is 0.357. The van der Waals surface area contributed by atoms with Gasteiger partial charge in [-0.15, -0.1) is 0 Å². The smallest absolute Gasteiger partial charge is 0.0726 e. The summed E-state index contributed by atoms with van der Waals surface area (Å²) in [7, 11) is 0. The minimum atomic E-state index is 0.479. The molecule has 0 saturated carbocycles. The molecule has 84 valence electrons. The van der Waals surface area contributed by atoms with Crippen molar-refractivity contribution < 1.29 is 0 Å². The Balaban J connectivity index is 2.55. The largest absolute Gasteiger partial charge is 0.385 e. The minimum Gasteiger partial charge on any atom is -0.385 e. The lowest BCUT2D eigenvalue weighted by Crippen LogP contribution is -1.98. The van der Waals surface area contributed by atoms with Crippen LogP contribution >= 0.6 is 0 Å². The van der Waals surface area contributed by atoms with Crippen molar-refractivity contribution >= 4 is 16.6 Å². The van der Waals surface area contributed by atoms with Gasteiger partial charge in [-0.25, -0.2) is 0 Å². The van der Waals surface area contributed by atoms with E-state index in [1.807, 2.05) is 0 Å². The second-order valence-electron chi connectivity index (χ2n) is 4.29. The Labute approximate surface area is 96.7 Å². The van der Waals surface area contributed by atoms with E-state index in [4.69, 9.17) is 0 Å². The summed E-state index contributed by atoms with van der Waals surface area (Å²) >= 11 is 0. The van der Waals surface area contributed by atoms with E-state index in [0.717, 1.165) is 17.8 Å². The molecule has 0 bridgehead atoms. The normalized spacial score (nSPS) is 11.0. The van der Waals surface area contributed by atoms with E-state index in [0.29, 0.717) is 5.92 Å². The molecule has 2 aromatic rings. The molecular weight excluding hydrogens is 196 g/mol. The van der Waals surface area contributed by atoms with Crippen LogP contribution in [0.4, 0.5) is 5.69 Å². The maximum absolute atomic E-state index is 4.68. The highest BCUT2D eigenvalue weighted by Gasteiger charge is 2.04. The lowest BCUT2D eigenvalue weighted by molar-refractivity contribution is 0.830. The molecule has 0 spiro atoms. The topological polar surface area (TPSA) is 24.9 Å². The van der Waals surface area contributed by atoms with E-state index in [1.54, 1.807) is 0 Å². The summed E-state index contributed by atoms with van der Waals surface area (Å²) < 4.78 is 0. The highest BCUT2D eigenvalue weighted by Crippen LogP contribution is 2.24. The fourth-order valence-electron chi connectivity index (χ4n) is 1.84. The van der Waals surface area contributed by atoms with Crippen molar-refractivity contribution in [1.82, 2.24) is 4.98 Å². The third-order valence-corrected chi connectivity index (χ3v) is 2.71. The first-order valence-corrected chi connectivity index (χ1v) is 5.86. The van der Waals surface area contributed by atoms with Gasteiger partial charge in [-0.3, -0.25) is 4.98 Å². The molecule has 2 nitrogen and oxygen atoms in total. The number of pyridine rings is 1. The van der Waals surface area contributed by atoms with Crippen LogP contribution in [0.5, 0.6) is 0 Å². The molecule has 16 heavy (non-hydrogen) atoms. The molecule has 0 atom stereocenters. The molecule has 1 N–H and O–H groups in total. The number of anilines is 1. The summed E-state index contributed by atoms with van der Waals surface area (Å²) in [4.78, 5) is 4.68. The van der Waals surface area contributed by atoms with E-state index < -0.39 is 0 Å². The average molecular weight is 214 g/mol. The second kappa shape index (κ2) is 4.52. The maximum atomic E-state index is 4.68. The molecule has 0 fully saturated rings. The fourth-order valence-corrected chi connectivity index (χ4v) is 1.84. The van der Waals surface area contributed by atoms with Gasteiger partial charge in [-0.2, -0.15) is 0 Å². The van der Waals surface area contributed by atoms with Gasteiger partial charge in [0.15, 0.2) is 0 Å². The average Bonchev–Trinajstić information content (AvgIpc) is 2.29. The van der Waals surface area contributed by atoms with Gasteiger partial charge < -0.3 is 5.32 Å². The lowest BCUT2D eigenvalue weighted by atomic mass is 10.1. The zero-order valence-corrected chi connectivity index (χ0v) is 10.1. The number of benzene rings is 1. The summed E-state index contributed by atoms with van der Waals surface area (Å²) in [5.41, 5.74) is 3.40. The predicted molar refractivity (Wildman–Crippen MR) is 70.0 cm³/mol. The number of fused-ring (bicyclic) bond motifs is 1. The number of hydrogen-bond acceptors (Lipinski definition) is 2. The van der Waals surface area contributed by atoms with Crippen molar-refractivity contribution in [3.8, 4) is 0 Å². The molecule has 0 aliphatic carbocycles. The zero-order valence-electron chi connectivity index (χ0n) is 10.1. The standard InChI is InChI=1S/C14H18N2/c1-4-15-13-6-5-7-14-11(13)8-9-12(16-14)10(2)3/h5-10,15H,4H2,1-3H3. The van der Waals surface area contributed by atoms with Gasteiger partial charge >= 0.3 is 0 Å². The summed E-state index contributed by atoms with van der Waals surface area (Å²) in [6.07, 6.45) is 0. The van der Waals surface area contributed by atoms with Crippen LogP contribution in [0.3, 0.4) is 0 Å². The Morgan fingerprint density at radius 1 is 1.19 bits per heavy atom. The van der Waals surface area contributed by atoms with Crippen LogP contribution < -0.4 is 5.32 Å². The third-order valence-electron chi connectivity index (χ3n) is 2.71. The van der Waals surface area contributed by atoms with E-state index in [2.05, 4.69) is 61.4 Å². The lowest BCUT2D eigenvalue weighted by Gasteiger charge is -2.10. The van der Waals surface area contributed by atoms with Gasteiger partial charge in [0.1, 0.15) is 0 Å². The van der Waals surface area contributed by atoms with Crippen LogP contribution in [0.25, 0.3) is 10.9 Å². The van der Waals surface area contributed by atoms with Gasteiger partial charge in [0, 0.05) is 23.3 Å². The van der Waals surface area contributed by atoms with Gasteiger partial charge in [-0.05, 0) is 37.1 Å². The van der Waals surface area contributed by atoms with Crippen LogP contribution in [0.2, 0.25) is 0 Å². The predicted octanol–water partition coefficient (Wildman–Crippen LogP) is 3.79. The molecule has 2 heteroatoms. The van der Waals surface area contributed by atoms with Crippen LogP contribution in [-0.2, 0) is 0 Å². The molecule has 0 unspecified atom stereocenters. The summed E-state index contributed by atoms with van der Waals surface area (Å²) in [6, 6.07) is 10.5. The third kappa shape index (κ3) is 2.01. The minimum absolute atomic E-state index is 0.479. The van der Waals surface area contributed by atoms with E-state index >= 15 is 0 Å². The summed E-state index contributed by atoms with van der Waals surface area (Å²) in [5.74, 6) is 0.479. The highest BCUT2D eigenvalue weighted by molar-refractivity contribution is 5.91. The summed E-state index contributed by atoms with van der Waals surface area (Å²) in [6.45, 7) is 7.38. The van der Waals surface area contributed by atoms with Gasteiger partial charge in [0.05, 0.1) is 5.52 Å². The first-order valence-electron chi connectivity index (χ1n) is 5.86. The Bertz CT molecular complexity index is 489. The van der Waals surface area contributed by atoms with Crippen molar-refractivity contribution in [2.75, 3.05) is 11.9 Å². The second-order valence-corrected chi connectivity index (χ2v) is 4.29. The van der Waals surface area contributed by atoms with Crippen LogP contribution in [0.1, 0.15) is 32.4 Å². The quantitative estimate of drug-likeness (QED) is 0.840. The highest BCUT2D eigenvalue weighted by atomic mass is 14.9. The van der Waals surface area contributed by atoms with Crippen molar-refractivity contribution in [2.45, 2.75) is 26.7 Å². The summed E-state index contributed by atoms with van der Waals surface area (Å²) in [5, 5.41) is 4.56. The SMILES string of the molecule is CCNc1cccc2nc(C(C)C)ccc12. The Kier molecular flexibility index (Phi) is 3.09. The van der Waals surface area contributed by atoms with Gasteiger partial charge in [0.25, 0.3) is 0 Å². The van der Waals surface area contributed by atoms with Crippen LogP contribution in [0.15, 0.2) is 30.3 Å². The van der Waals surface area contributed by atoms with E-state index in [9.17, 15) is 0 Å². The first kappa shape index (κ1) is 10.9. The Morgan fingerprint density at radius 3 is 2.69 bits per heavy atom. The number of nitrogens with zero attached hydrogens (tertiary/aromatic N) is 1. The molecule has 0 radical (unpaired) electrons. The first-order chi connectivity index (χ1) is 7.72. The molecular formula is C14H18N2. The molecule has 0 saturated heterocycles. The van der Waals surface area contributed by atoms with Crippen molar-refractivity contribution in [1.29, 1.82) is 0 Å². The number of rotatable bonds is 3. The molecule has 0 amide bonds. The molecule has 0 aliphatic rings. The Morgan fingerprint density at radius 2 is 2.00 bits per heavy atom. The van der Waals surface area contributed by atoms with Crippen molar-refractivity contribution in [2.24, 2.45) is 0 Å². The van der Waals surface area contributed by atoms with Crippen LogP contribution in [0, 0.1) is 0 Å². The van der Waals surface area contributed by atoms with Crippen LogP contribution in [-0.4, -0.2) is 11.5 Å². The van der Waals surface area contributed by atoms with Crippen molar-refractivity contribution in [3.05, 3.63) is 36.0 Å². The molecule has 1 aromatic heterocycles.